The number of aryl methyl sites for hydroxylation is 2. The van der Waals surface area contributed by atoms with Crippen molar-refractivity contribution in [2.75, 3.05) is 0 Å². The van der Waals surface area contributed by atoms with Gasteiger partial charge in [0, 0.05) is 6.21 Å². The van der Waals surface area contributed by atoms with Crippen LogP contribution in [0.15, 0.2) is 82.8 Å². The van der Waals surface area contributed by atoms with Crippen molar-refractivity contribution >= 4 is 23.3 Å². The second kappa shape index (κ2) is 57.0. The first-order valence-electron chi connectivity index (χ1n) is 34.4. The van der Waals surface area contributed by atoms with Crippen molar-refractivity contribution in [1.82, 2.24) is 0 Å². The molecular weight excluding hydrogens is 917 g/mol. The van der Waals surface area contributed by atoms with Gasteiger partial charge in [0.05, 0.1) is 17.1 Å². The van der Waals surface area contributed by atoms with Crippen LogP contribution in [-0.4, -0.2) is 11.9 Å². The van der Waals surface area contributed by atoms with Crippen LogP contribution < -0.4 is 0 Å². The zero-order valence-corrected chi connectivity index (χ0v) is 51.4. The molecule has 0 N–H and O–H groups in total. The Morgan fingerprint density at radius 3 is 0.895 bits per heavy atom. The Hall–Kier alpha value is -2.74. The van der Waals surface area contributed by atoms with Gasteiger partial charge in [0.15, 0.2) is 0 Å². The Morgan fingerprint density at radius 1 is 0.289 bits per heavy atom. The van der Waals surface area contributed by atoms with Crippen LogP contribution in [0.3, 0.4) is 0 Å². The largest absolute Gasteiger partial charge is 0.255 e. The molecule has 0 saturated heterocycles. The van der Waals surface area contributed by atoms with Gasteiger partial charge in [0.25, 0.3) is 0 Å². The van der Waals surface area contributed by atoms with Gasteiger partial charge in [0.1, 0.15) is 0 Å². The summed E-state index contributed by atoms with van der Waals surface area (Å²) < 4.78 is 0. The van der Waals surface area contributed by atoms with Crippen molar-refractivity contribution in [3.05, 3.63) is 84.0 Å². The summed E-state index contributed by atoms with van der Waals surface area (Å²) in [6, 6.07) is 17.6. The van der Waals surface area contributed by atoms with E-state index >= 15 is 0 Å². The Bertz CT molecular complexity index is 1610. The molecule has 0 spiro atoms. The Kier molecular flexibility index (Phi) is 52.0. The van der Waals surface area contributed by atoms with Crippen LogP contribution in [-0.2, 0) is 12.8 Å². The van der Waals surface area contributed by atoms with Gasteiger partial charge in [-0.2, -0.15) is 0 Å². The molecule has 434 valence electrons. The number of aliphatic imine (C=N–C) groups is 2. The highest BCUT2D eigenvalue weighted by Crippen LogP contribution is 2.25. The zero-order chi connectivity index (χ0) is 54.0. The van der Waals surface area contributed by atoms with Crippen LogP contribution in [0.4, 0.5) is 11.4 Å². The summed E-state index contributed by atoms with van der Waals surface area (Å²) in [6.45, 7) is 6.92. The second-order valence-corrected chi connectivity index (χ2v) is 23.7. The maximum atomic E-state index is 5.34. The molecule has 0 aliphatic rings. The molecule has 0 amide bonds. The third kappa shape index (κ3) is 45.2. The molecule has 76 heavy (non-hydrogen) atoms. The molecule has 2 aromatic rings. The van der Waals surface area contributed by atoms with Crippen molar-refractivity contribution in [3.8, 4) is 0 Å². The molecule has 0 heterocycles. The van der Waals surface area contributed by atoms with E-state index in [-0.39, 0.29) is 0 Å². The molecular formula is C74H128N2. The van der Waals surface area contributed by atoms with Crippen LogP contribution in [0.1, 0.15) is 359 Å². The molecule has 0 saturated carbocycles. The van der Waals surface area contributed by atoms with Gasteiger partial charge in [-0.1, -0.05) is 358 Å². The van der Waals surface area contributed by atoms with Crippen molar-refractivity contribution in [2.24, 2.45) is 9.98 Å². The highest BCUT2D eigenvalue weighted by atomic mass is 14.8. The lowest BCUT2D eigenvalue weighted by Gasteiger charge is -2.08. The monoisotopic (exact) mass is 1050 g/mol. The molecule has 2 aromatic carbocycles. The first-order valence-corrected chi connectivity index (χ1v) is 34.4. The summed E-state index contributed by atoms with van der Waals surface area (Å²) in [4.78, 5) is 10.5. The van der Waals surface area contributed by atoms with E-state index in [0.29, 0.717) is 0 Å². The summed E-state index contributed by atoms with van der Waals surface area (Å²) in [6.07, 6.45) is 84.8. The van der Waals surface area contributed by atoms with Gasteiger partial charge in [-0.3, -0.25) is 9.98 Å². The molecule has 0 fully saturated rings. The Morgan fingerprint density at radius 2 is 0.553 bits per heavy atom. The lowest BCUT2D eigenvalue weighted by molar-refractivity contribution is 0.522. The van der Waals surface area contributed by atoms with Crippen molar-refractivity contribution in [3.63, 3.8) is 0 Å². The standard InChI is InChI=1S/C74H128N2/c1-4-7-10-13-16-18-20-22-24-26-28-30-32-34-36-38-40-42-44-46-48-50-52-55-62-70-64-58-60-67-73(70)75-69-72(66-57-54-15-12-9-6-3)76-74-68-61-59-65-71(74)63-56-53-51-49-47-45-43-41-39-37-35-33-31-29-27-25-23-21-19-17-14-11-8-5-2/h50-53,58-61,64-65,67-69H,4-49,54-57,62-63,66H2,1-3H3/b52-50+,53-51+,75-69?,76-72?. The minimum absolute atomic E-state index is 0.980. The van der Waals surface area contributed by atoms with E-state index in [1.54, 1.807) is 0 Å². The zero-order valence-electron chi connectivity index (χ0n) is 51.4. The maximum Gasteiger partial charge on any atom is 0.0665 e. The van der Waals surface area contributed by atoms with Crippen LogP contribution in [0, 0.1) is 0 Å². The lowest BCUT2D eigenvalue weighted by Crippen LogP contribution is -2.01. The molecule has 0 bridgehead atoms. The summed E-state index contributed by atoms with van der Waals surface area (Å²) in [5.41, 5.74) is 6.02. The van der Waals surface area contributed by atoms with Crippen LogP contribution in [0.25, 0.3) is 0 Å². The minimum Gasteiger partial charge on any atom is -0.255 e. The summed E-state index contributed by atoms with van der Waals surface area (Å²) in [7, 11) is 0. The van der Waals surface area contributed by atoms with Gasteiger partial charge in [-0.15, -0.1) is 0 Å². The van der Waals surface area contributed by atoms with Gasteiger partial charge < -0.3 is 0 Å². The van der Waals surface area contributed by atoms with Gasteiger partial charge in [0.2, 0.25) is 0 Å². The number of para-hydroxylation sites is 2. The number of unbranched alkanes of at least 4 members (excludes halogenated alkanes) is 45. The molecule has 0 aromatic heterocycles. The first-order chi connectivity index (χ1) is 37.8. The third-order valence-electron chi connectivity index (χ3n) is 16.3. The lowest BCUT2D eigenvalue weighted by atomic mass is 10.0. The molecule has 0 unspecified atom stereocenters. The predicted octanol–water partition coefficient (Wildman–Crippen LogP) is 26.3. The van der Waals surface area contributed by atoms with E-state index in [2.05, 4.69) is 99.8 Å². The van der Waals surface area contributed by atoms with Gasteiger partial charge in [-0.05, 0) is 87.5 Å². The highest BCUT2D eigenvalue weighted by molar-refractivity contribution is 6.31. The van der Waals surface area contributed by atoms with E-state index in [1.165, 1.54) is 319 Å². The van der Waals surface area contributed by atoms with E-state index in [4.69, 9.17) is 9.98 Å². The minimum atomic E-state index is 0.980. The van der Waals surface area contributed by atoms with E-state index in [1.807, 2.05) is 0 Å². The van der Waals surface area contributed by atoms with E-state index < -0.39 is 0 Å². The molecule has 2 heteroatoms. The highest BCUT2D eigenvalue weighted by Gasteiger charge is 2.06. The number of nitrogens with zero attached hydrogens (tertiary/aromatic N) is 2. The molecule has 0 aliphatic carbocycles. The molecule has 2 rings (SSSR count). The maximum absolute atomic E-state index is 5.34. The summed E-state index contributed by atoms with van der Waals surface area (Å²) in [5, 5.41) is 0. The number of hydrogen-bond donors (Lipinski definition) is 0. The normalized spacial score (nSPS) is 12.2. The average molecular weight is 1050 g/mol. The second-order valence-electron chi connectivity index (χ2n) is 23.7. The SMILES string of the molecule is CCCCCCCCCCCCCCCCCCCCCC/C=C/CCc1ccccc1N=CC(CCCCCCCC)=Nc1ccccc1CC/C=C/CCCCCCCCCCCCCCCCCCCCCC. The van der Waals surface area contributed by atoms with Crippen molar-refractivity contribution in [1.29, 1.82) is 0 Å². The molecule has 0 atom stereocenters. The topological polar surface area (TPSA) is 24.7 Å². The van der Waals surface area contributed by atoms with Gasteiger partial charge >= 0.3 is 0 Å². The Labute approximate surface area is 476 Å². The molecule has 0 aliphatic heterocycles. The summed E-state index contributed by atoms with van der Waals surface area (Å²) >= 11 is 0. The smallest absolute Gasteiger partial charge is 0.0665 e. The Balaban J connectivity index is 1.63. The fourth-order valence-electron chi connectivity index (χ4n) is 11.2. The van der Waals surface area contributed by atoms with E-state index in [0.717, 1.165) is 49.2 Å². The van der Waals surface area contributed by atoms with Crippen LogP contribution >= 0.6 is 0 Å². The quantitative estimate of drug-likeness (QED) is 0.0358. The van der Waals surface area contributed by atoms with Crippen LogP contribution in [0.5, 0.6) is 0 Å². The number of allylic oxidation sites excluding steroid dienone is 4. The fraction of sp³-hybridized carbons (Fsp3) is 0.757. The first kappa shape index (κ1) is 69.4. The number of rotatable bonds is 58. The van der Waals surface area contributed by atoms with Crippen LogP contribution in [0.2, 0.25) is 0 Å². The number of hydrogen-bond acceptors (Lipinski definition) is 2. The fourth-order valence-corrected chi connectivity index (χ4v) is 11.2. The molecule has 2 nitrogen and oxygen atoms in total. The third-order valence-corrected chi connectivity index (χ3v) is 16.3. The van der Waals surface area contributed by atoms with E-state index in [9.17, 15) is 0 Å². The number of benzene rings is 2. The predicted molar refractivity (Wildman–Crippen MR) is 346 cm³/mol. The van der Waals surface area contributed by atoms with Crippen molar-refractivity contribution in [2.45, 2.75) is 361 Å². The van der Waals surface area contributed by atoms with Gasteiger partial charge in [-0.25, -0.2) is 0 Å². The molecule has 0 radical (unpaired) electrons. The summed E-state index contributed by atoms with van der Waals surface area (Å²) in [5.74, 6) is 0. The average Bonchev–Trinajstić information content (AvgIpc) is 3.44. The van der Waals surface area contributed by atoms with Crippen molar-refractivity contribution < 1.29 is 0 Å².